The van der Waals surface area contributed by atoms with Crippen LogP contribution in [0, 0.1) is 0 Å². The molecule has 3 N–H and O–H groups in total. The van der Waals surface area contributed by atoms with Crippen LogP contribution in [0.4, 0.5) is 0 Å². The number of aromatic carboxylic acids is 1. The molecule has 0 fully saturated rings. The molecule has 0 aliphatic carbocycles. The highest BCUT2D eigenvalue weighted by Gasteiger charge is 2.22. The number of H-pyrrole nitrogens is 1. The van der Waals surface area contributed by atoms with E-state index in [0.29, 0.717) is 22.4 Å². The highest BCUT2D eigenvalue weighted by atomic mass is 16.4. The normalized spacial score (nSPS) is 10.8. The van der Waals surface area contributed by atoms with Gasteiger partial charge < -0.3 is 5.11 Å². The van der Waals surface area contributed by atoms with Crippen LogP contribution in [0.5, 0.6) is 0 Å². The summed E-state index contributed by atoms with van der Waals surface area (Å²) >= 11 is 0. The minimum atomic E-state index is -1.12. The first kappa shape index (κ1) is 21.4. The van der Waals surface area contributed by atoms with E-state index in [4.69, 9.17) is 0 Å². The van der Waals surface area contributed by atoms with Gasteiger partial charge >= 0.3 is 5.97 Å². The molecule has 8 nitrogen and oxygen atoms in total. The number of nitrogens with one attached hydrogen (secondary N) is 2. The van der Waals surface area contributed by atoms with Gasteiger partial charge in [0.15, 0.2) is 0 Å². The quantitative estimate of drug-likeness (QED) is 0.314. The maximum absolute atomic E-state index is 13.1. The lowest BCUT2D eigenvalue weighted by molar-refractivity contribution is 0.0696. The first-order valence-electron chi connectivity index (χ1n) is 9.95. The molecule has 0 bridgehead atoms. The molecule has 0 unspecified atom stereocenters. The number of nitrogens with zero attached hydrogens (tertiary/aromatic N) is 2. The van der Waals surface area contributed by atoms with Crippen molar-refractivity contribution in [3.8, 4) is 22.4 Å². The van der Waals surface area contributed by atoms with Crippen LogP contribution in [0.2, 0.25) is 0 Å². The van der Waals surface area contributed by atoms with Gasteiger partial charge in [0.25, 0.3) is 11.5 Å². The van der Waals surface area contributed by atoms with E-state index in [1.54, 1.807) is 42.5 Å². The van der Waals surface area contributed by atoms with Crippen LogP contribution in [0.3, 0.4) is 0 Å². The second kappa shape index (κ2) is 9.52. The van der Waals surface area contributed by atoms with Crippen LogP contribution in [0.15, 0.2) is 94.8 Å². The number of benzene rings is 3. The van der Waals surface area contributed by atoms with E-state index in [9.17, 15) is 19.5 Å². The number of aromatic nitrogens is 2. The average Bonchev–Trinajstić information content (AvgIpc) is 2.85. The zero-order valence-corrected chi connectivity index (χ0v) is 17.2. The van der Waals surface area contributed by atoms with Crippen molar-refractivity contribution >= 4 is 18.1 Å². The van der Waals surface area contributed by atoms with Crippen molar-refractivity contribution in [1.29, 1.82) is 0 Å². The first-order chi connectivity index (χ1) is 16.1. The van der Waals surface area contributed by atoms with Gasteiger partial charge in [0.2, 0.25) is 0 Å². The number of hydrogen-bond acceptors (Lipinski definition) is 5. The SMILES string of the molecule is O=C(O)c1ccccc1/C=N/NC(=O)c1c(-c2ccccc2)c(-c2ccccc2)n[nH]c1=O. The standard InChI is InChI=1S/C25H18N4O4/c30-23(28-26-15-18-13-7-8-14-19(18)25(32)33)21-20(16-9-3-1-4-10-16)22(27-29-24(21)31)17-11-5-2-6-12-17/h1-15H,(H,28,30)(H,29,31)(H,32,33)/b26-15+. The number of carboxylic acid groups (broad SMARTS) is 1. The van der Waals surface area contributed by atoms with Gasteiger partial charge in [-0.3, -0.25) is 9.59 Å². The molecule has 0 radical (unpaired) electrons. The summed E-state index contributed by atoms with van der Waals surface area (Å²) < 4.78 is 0. The van der Waals surface area contributed by atoms with E-state index in [1.807, 2.05) is 36.4 Å². The minimum absolute atomic E-state index is 0.0357. The Morgan fingerprint density at radius 2 is 1.48 bits per heavy atom. The number of carboxylic acids is 1. The Kier molecular flexibility index (Phi) is 6.17. The lowest BCUT2D eigenvalue weighted by atomic mass is 9.95. The second-order valence-corrected chi connectivity index (χ2v) is 6.97. The smallest absolute Gasteiger partial charge is 0.336 e. The van der Waals surface area contributed by atoms with Gasteiger partial charge in [-0.1, -0.05) is 78.9 Å². The molecule has 0 atom stereocenters. The molecule has 3 aromatic carbocycles. The fourth-order valence-corrected chi connectivity index (χ4v) is 3.38. The maximum atomic E-state index is 13.1. The van der Waals surface area contributed by atoms with Crippen molar-refractivity contribution in [2.45, 2.75) is 0 Å². The summed E-state index contributed by atoms with van der Waals surface area (Å²) in [4.78, 5) is 37.1. The third-order valence-corrected chi connectivity index (χ3v) is 4.88. The summed E-state index contributed by atoms with van der Waals surface area (Å²) in [6, 6.07) is 24.4. The van der Waals surface area contributed by atoms with Crippen LogP contribution in [-0.2, 0) is 0 Å². The Morgan fingerprint density at radius 3 is 2.15 bits per heavy atom. The molecule has 1 aromatic heterocycles. The van der Waals surface area contributed by atoms with E-state index >= 15 is 0 Å². The van der Waals surface area contributed by atoms with Crippen molar-refractivity contribution in [2.75, 3.05) is 0 Å². The Morgan fingerprint density at radius 1 is 0.879 bits per heavy atom. The fraction of sp³-hybridized carbons (Fsp3) is 0. The largest absolute Gasteiger partial charge is 0.478 e. The van der Waals surface area contributed by atoms with E-state index in [1.165, 1.54) is 12.3 Å². The Bertz CT molecular complexity index is 1400. The highest BCUT2D eigenvalue weighted by Crippen LogP contribution is 2.31. The number of carbonyl (C=O) groups excluding carboxylic acids is 1. The third-order valence-electron chi connectivity index (χ3n) is 4.88. The average molecular weight is 438 g/mol. The van der Waals surface area contributed by atoms with Crippen LogP contribution in [0.1, 0.15) is 26.3 Å². The summed E-state index contributed by atoms with van der Waals surface area (Å²) in [5.41, 5.74) is 4.01. The number of rotatable bonds is 6. The lowest BCUT2D eigenvalue weighted by Crippen LogP contribution is -2.28. The predicted molar refractivity (Wildman–Crippen MR) is 124 cm³/mol. The molecular formula is C25H18N4O4. The summed E-state index contributed by atoms with van der Waals surface area (Å²) in [5.74, 6) is -1.87. The zero-order valence-electron chi connectivity index (χ0n) is 17.2. The van der Waals surface area contributed by atoms with Crippen LogP contribution in [0.25, 0.3) is 22.4 Å². The van der Waals surface area contributed by atoms with Gasteiger partial charge in [0.1, 0.15) is 5.56 Å². The van der Waals surface area contributed by atoms with Gasteiger partial charge in [0.05, 0.1) is 17.5 Å². The van der Waals surface area contributed by atoms with E-state index in [-0.39, 0.29) is 11.1 Å². The molecule has 0 spiro atoms. The summed E-state index contributed by atoms with van der Waals surface area (Å²) in [6.45, 7) is 0. The topological polar surface area (TPSA) is 125 Å². The Balaban J connectivity index is 1.77. The number of hydrazone groups is 1. The molecule has 0 aliphatic heterocycles. The van der Waals surface area contributed by atoms with Crippen molar-refractivity contribution < 1.29 is 14.7 Å². The van der Waals surface area contributed by atoms with Gasteiger partial charge in [0, 0.05) is 16.7 Å². The fourth-order valence-electron chi connectivity index (χ4n) is 3.38. The molecule has 1 amide bonds. The molecule has 162 valence electrons. The molecule has 1 heterocycles. The van der Waals surface area contributed by atoms with Crippen LogP contribution >= 0.6 is 0 Å². The van der Waals surface area contributed by atoms with E-state index in [0.717, 1.165) is 5.56 Å². The van der Waals surface area contributed by atoms with Crippen molar-refractivity contribution in [3.63, 3.8) is 0 Å². The summed E-state index contributed by atoms with van der Waals surface area (Å²) in [7, 11) is 0. The monoisotopic (exact) mass is 438 g/mol. The minimum Gasteiger partial charge on any atom is -0.478 e. The predicted octanol–water partition coefficient (Wildman–Crippen LogP) is 3.57. The van der Waals surface area contributed by atoms with Crippen LogP contribution in [-0.4, -0.2) is 33.4 Å². The molecular weight excluding hydrogens is 420 g/mol. The highest BCUT2D eigenvalue weighted by molar-refractivity contribution is 6.04. The molecule has 4 rings (SSSR count). The summed E-state index contributed by atoms with van der Waals surface area (Å²) in [5, 5.41) is 19.8. The molecule has 4 aromatic rings. The number of aromatic amines is 1. The van der Waals surface area contributed by atoms with Gasteiger partial charge in [-0.2, -0.15) is 10.2 Å². The second-order valence-electron chi connectivity index (χ2n) is 6.97. The number of carbonyl (C=O) groups is 2. The maximum Gasteiger partial charge on any atom is 0.336 e. The molecule has 0 aliphatic rings. The third kappa shape index (κ3) is 4.59. The molecule has 33 heavy (non-hydrogen) atoms. The molecule has 8 heteroatoms. The molecule has 0 saturated carbocycles. The van der Waals surface area contributed by atoms with Gasteiger partial charge in [-0.15, -0.1) is 0 Å². The zero-order chi connectivity index (χ0) is 23.2. The summed E-state index contributed by atoms with van der Waals surface area (Å²) in [6.07, 6.45) is 1.22. The van der Waals surface area contributed by atoms with Crippen LogP contribution < -0.4 is 11.0 Å². The lowest BCUT2D eigenvalue weighted by Gasteiger charge is -2.12. The van der Waals surface area contributed by atoms with Crippen molar-refractivity contribution in [1.82, 2.24) is 15.6 Å². The van der Waals surface area contributed by atoms with Crippen molar-refractivity contribution in [3.05, 3.63) is 112 Å². The van der Waals surface area contributed by atoms with Crippen molar-refractivity contribution in [2.24, 2.45) is 5.10 Å². The number of hydrogen-bond donors (Lipinski definition) is 3. The Labute approximate surface area is 188 Å². The Hall–Kier alpha value is -4.85. The van der Waals surface area contributed by atoms with Gasteiger partial charge in [-0.25, -0.2) is 15.3 Å². The molecule has 0 saturated heterocycles. The van der Waals surface area contributed by atoms with E-state index < -0.39 is 17.4 Å². The van der Waals surface area contributed by atoms with Gasteiger partial charge in [-0.05, 0) is 11.6 Å². The first-order valence-corrected chi connectivity index (χ1v) is 9.95. The number of amides is 1. The van der Waals surface area contributed by atoms with E-state index in [2.05, 4.69) is 20.7 Å².